The third kappa shape index (κ3) is 62.7. The second-order valence-electron chi connectivity index (χ2n) is 15.5. The van der Waals surface area contributed by atoms with Crippen LogP contribution >= 0.6 is 0 Å². The van der Waals surface area contributed by atoms with Gasteiger partial charge in [0, 0.05) is 66.1 Å². The number of carboxylic acid groups (broad SMARTS) is 7. The van der Waals surface area contributed by atoms with E-state index in [4.69, 9.17) is 79.4 Å². The van der Waals surface area contributed by atoms with Gasteiger partial charge in [0.1, 0.15) is 5.78 Å². The minimum absolute atomic E-state index is 0.0389. The highest BCUT2D eigenvalue weighted by Gasteiger charge is 2.17. The lowest BCUT2D eigenvalue weighted by Gasteiger charge is -2.19. The van der Waals surface area contributed by atoms with E-state index >= 15 is 0 Å². The molecule has 0 aliphatic heterocycles. The van der Waals surface area contributed by atoms with E-state index in [1.165, 1.54) is 33.4 Å². The average Bonchev–Trinajstić information content (AvgIpc) is 3.29. The van der Waals surface area contributed by atoms with Crippen LogP contribution in [0.25, 0.3) is 0 Å². The van der Waals surface area contributed by atoms with Gasteiger partial charge in [0.25, 0.3) is 0 Å². The van der Waals surface area contributed by atoms with Gasteiger partial charge in [-0.25, -0.2) is 0 Å². The normalized spacial score (nSPS) is 10.9. The molecule has 0 spiro atoms. The second kappa shape index (κ2) is 52.8. The van der Waals surface area contributed by atoms with Gasteiger partial charge < -0.3 is 90.0 Å². The summed E-state index contributed by atoms with van der Waals surface area (Å²) in [5.74, 6) is -8.24. The van der Waals surface area contributed by atoms with Crippen LogP contribution in [0.4, 0.5) is 0 Å². The summed E-state index contributed by atoms with van der Waals surface area (Å²) < 4.78 is 41.9. The first kappa shape index (κ1) is 74.6. The van der Waals surface area contributed by atoms with Crippen LogP contribution in [-0.4, -0.2) is 319 Å². The molecule has 32 heteroatoms. The van der Waals surface area contributed by atoms with Gasteiger partial charge in [-0.15, -0.1) is 0 Å². The number of ether oxygens (including phenoxy) is 8. The number of nitrogens with zero attached hydrogens (tertiary/aromatic N) is 4. The first-order valence-corrected chi connectivity index (χ1v) is 23.8. The zero-order chi connectivity index (χ0) is 57.8. The number of ketones is 1. The molecule has 32 nitrogen and oxygen atoms in total. The van der Waals surface area contributed by atoms with Crippen molar-refractivity contribution in [2.75, 3.05) is 204 Å². The molecule has 0 rings (SSSR count). The number of carboxylic acids is 7. The fourth-order valence-electron chi connectivity index (χ4n) is 5.45. The van der Waals surface area contributed by atoms with Gasteiger partial charge in [0.15, 0.2) is 0 Å². The van der Waals surface area contributed by atoms with E-state index in [0.717, 1.165) is 0 Å². The molecule has 11 N–H and O–H groups in total. The Morgan fingerprint density at radius 1 is 0.329 bits per heavy atom. The van der Waals surface area contributed by atoms with Gasteiger partial charge >= 0.3 is 41.8 Å². The molecule has 0 aliphatic carbocycles. The van der Waals surface area contributed by atoms with Crippen molar-refractivity contribution in [1.29, 1.82) is 0 Å². The minimum atomic E-state index is -1.14. The van der Waals surface area contributed by atoms with Crippen molar-refractivity contribution in [1.82, 2.24) is 30.2 Å². The number of nitrogens with two attached hydrogens (primary N) is 1. The van der Waals surface area contributed by atoms with Crippen molar-refractivity contribution in [3.8, 4) is 0 Å². The number of carbonyl (C=O) groups excluding carboxylic acids is 3. The number of Topliss-reactive ketones (excluding diaryl/α,β-unsaturated/α-hetero) is 1. The Bertz CT molecular complexity index is 1530. The maximum absolute atomic E-state index is 12.1. The highest BCUT2D eigenvalue weighted by molar-refractivity contribution is 5.81. The average molecular weight is 1110 g/mol. The maximum Gasteiger partial charge on any atom is 0.317 e. The predicted molar refractivity (Wildman–Crippen MR) is 262 cm³/mol. The summed E-state index contributed by atoms with van der Waals surface area (Å²) in [6, 6.07) is 0. The monoisotopic (exact) mass is 1110 g/mol. The highest BCUT2D eigenvalue weighted by atomic mass is 16.5. The van der Waals surface area contributed by atoms with Gasteiger partial charge in [-0.2, -0.15) is 0 Å². The Morgan fingerprint density at radius 2 is 0.553 bits per heavy atom. The molecule has 0 atom stereocenters. The van der Waals surface area contributed by atoms with Crippen molar-refractivity contribution in [3.63, 3.8) is 0 Å². The lowest BCUT2D eigenvalue weighted by atomic mass is 10.2. The molecule has 0 saturated carbocycles. The number of nitrogens with one attached hydrogen (secondary N) is 2. The van der Waals surface area contributed by atoms with E-state index in [1.54, 1.807) is 0 Å². The molecular weight excluding hydrogens is 1030 g/mol. The third-order valence-corrected chi connectivity index (χ3v) is 8.64. The second-order valence-corrected chi connectivity index (χ2v) is 15.5. The molecule has 0 aromatic carbocycles. The number of hydrogen-bond donors (Lipinski definition) is 10. The Labute approximate surface area is 440 Å². The van der Waals surface area contributed by atoms with Gasteiger partial charge in [-0.05, 0) is 0 Å². The summed E-state index contributed by atoms with van der Waals surface area (Å²) in [5.41, 5.74) is 5.21. The van der Waals surface area contributed by atoms with Crippen LogP contribution in [0.2, 0.25) is 0 Å². The summed E-state index contributed by atoms with van der Waals surface area (Å²) in [5, 5.41) is 66.6. The largest absolute Gasteiger partial charge is 0.480 e. The van der Waals surface area contributed by atoms with Crippen molar-refractivity contribution < 1.29 is 122 Å². The maximum atomic E-state index is 12.1. The first-order chi connectivity index (χ1) is 36.1. The Morgan fingerprint density at radius 3 is 0.789 bits per heavy atom. The highest BCUT2D eigenvalue weighted by Crippen LogP contribution is 1.97. The van der Waals surface area contributed by atoms with E-state index in [2.05, 4.69) is 10.6 Å². The first-order valence-electron chi connectivity index (χ1n) is 23.8. The summed E-state index contributed by atoms with van der Waals surface area (Å²) in [6.45, 7) is 6.71. The fraction of sp³-hybridized carbons (Fsp3) is 0.773. The minimum Gasteiger partial charge on any atom is -0.480 e. The quantitative estimate of drug-likeness (QED) is 0.0255. The van der Waals surface area contributed by atoms with Crippen LogP contribution < -0.4 is 16.4 Å². The van der Waals surface area contributed by atoms with Crippen molar-refractivity contribution in [2.24, 2.45) is 5.73 Å². The summed E-state index contributed by atoms with van der Waals surface area (Å²) >= 11 is 0. The number of amides is 2. The Balaban J connectivity index is -0.00000118. The molecule has 0 bridgehead atoms. The molecule has 76 heavy (non-hydrogen) atoms. The van der Waals surface area contributed by atoms with Crippen LogP contribution in [0.1, 0.15) is 20.3 Å². The predicted octanol–water partition coefficient (Wildman–Crippen LogP) is -4.92. The summed E-state index contributed by atoms with van der Waals surface area (Å²) in [6.07, 6.45) is 0.123. The number of rotatable bonds is 51. The zero-order valence-electron chi connectivity index (χ0n) is 43.5. The summed E-state index contributed by atoms with van der Waals surface area (Å²) in [7, 11) is 0. The standard InChI is InChI=1S/C22H39N3O12.C14H24N2O10.C8H18N2O3/c1-18(26)23-3-7-35-11-10-34-6-2-19(27)14-24(15-20(28)29)4-8-36-12-13-37-9-5-25(16-21(30)31)17-22(32)33;17-11(18)7-15(8-12(19)20)1-3-25-5-6-26-4-2-16(9-13(21)22)10-14(23)24;1-8(11)10-3-5-13-7-6-12-4-2-9/h2-17H2,1H3,(H,23,26)(H,28,29)(H,30,31)(H,32,33);1-10H2,(H,17,18)(H,19,20)(H,21,22)(H,23,24);2-7,9H2,1H3,(H,10,11). The van der Waals surface area contributed by atoms with Crippen LogP contribution in [0.3, 0.4) is 0 Å². The molecule has 0 saturated heterocycles. The Kier molecular flexibility index (Phi) is 51.8. The zero-order valence-corrected chi connectivity index (χ0v) is 43.5. The van der Waals surface area contributed by atoms with E-state index in [0.29, 0.717) is 65.9 Å². The molecule has 2 amide bonds. The molecule has 0 aliphatic rings. The fourth-order valence-corrected chi connectivity index (χ4v) is 5.45. The van der Waals surface area contributed by atoms with E-state index in [-0.39, 0.29) is 123 Å². The third-order valence-electron chi connectivity index (χ3n) is 8.64. The molecule has 442 valence electrons. The lowest BCUT2D eigenvalue weighted by Crippen LogP contribution is -2.37. The van der Waals surface area contributed by atoms with Gasteiger partial charge in [0.05, 0.1) is 158 Å². The van der Waals surface area contributed by atoms with Crippen LogP contribution in [-0.2, 0) is 85.8 Å². The molecule has 0 heterocycles. The van der Waals surface area contributed by atoms with Gasteiger partial charge in [-0.1, -0.05) is 0 Å². The van der Waals surface area contributed by atoms with E-state index in [1.807, 2.05) is 0 Å². The van der Waals surface area contributed by atoms with Crippen LogP contribution in [0, 0.1) is 0 Å². The van der Waals surface area contributed by atoms with Crippen LogP contribution in [0.5, 0.6) is 0 Å². The smallest absolute Gasteiger partial charge is 0.317 e. The van der Waals surface area contributed by atoms with Crippen LogP contribution in [0.15, 0.2) is 0 Å². The van der Waals surface area contributed by atoms with Crippen molar-refractivity contribution in [2.45, 2.75) is 20.3 Å². The van der Waals surface area contributed by atoms with Gasteiger partial charge in [0.2, 0.25) is 11.8 Å². The molecule has 0 radical (unpaired) electrons. The summed E-state index contributed by atoms with van der Waals surface area (Å²) in [4.78, 5) is 113. The molecule has 0 unspecified atom stereocenters. The topological polar surface area (TPSA) is 449 Å². The number of carbonyl (C=O) groups is 10. The Hall–Kier alpha value is -5.62. The lowest BCUT2D eigenvalue weighted by molar-refractivity contribution is -0.144. The van der Waals surface area contributed by atoms with Gasteiger partial charge in [-0.3, -0.25) is 67.5 Å². The SMILES string of the molecule is CC(=O)NCCOCCOCCC(=O)CN(CCOCCOCCN(CC(=O)O)CC(=O)O)CC(=O)O.CC(=O)NCCOCCOCCN.O=C(O)CN(CCOCCOCCN(CC(=O)O)CC(=O)O)CC(=O)O. The molecule has 0 aromatic heterocycles. The van der Waals surface area contributed by atoms with Crippen molar-refractivity contribution >= 4 is 59.4 Å². The molecule has 0 aromatic rings. The number of aliphatic carboxylic acids is 7. The van der Waals surface area contributed by atoms with Crippen molar-refractivity contribution in [3.05, 3.63) is 0 Å². The van der Waals surface area contributed by atoms with E-state index in [9.17, 15) is 47.9 Å². The molecule has 0 fully saturated rings. The number of hydrogen-bond acceptors (Lipinski definition) is 23. The van der Waals surface area contributed by atoms with E-state index < -0.39 is 81.1 Å². The molecular formula is C44H81N7O25.